The number of ether oxygens (including phenoxy) is 4. The molecule has 12 heteroatoms. The Hall–Kier alpha value is 2.87. The van der Waals surface area contributed by atoms with Crippen molar-refractivity contribution in [2.45, 2.75) is 102 Å². The Morgan fingerprint density at radius 1 is 0.625 bits per heavy atom. The van der Waals surface area contributed by atoms with E-state index >= 15 is 0 Å². The van der Waals surface area contributed by atoms with Crippen molar-refractivity contribution in [2.75, 3.05) is 26.4 Å². The summed E-state index contributed by atoms with van der Waals surface area (Å²) in [6.45, 7) is 11.1. The van der Waals surface area contributed by atoms with Crippen LogP contribution in [0.3, 0.4) is 0 Å². The van der Waals surface area contributed by atoms with Crippen molar-refractivity contribution in [2.24, 2.45) is 0 Å². The molecule has 0 spiro atoms. The molecule has 180 valence electrons. The molecule has 4 aliphatic rings. The van der Waals surface area contributed by atoms with Crippen LogP contribution in [0.15, 0.2) is 0 Å². The molecule has 4 aliphatic heterocycles. The summed E-state index contributed by atoms with van der Waals surface area (Å²) in [7, 11) is 0. The van der Waals surface area contributed by atoms with E-state index in [2.05, 4.69) is 0 Å². The Morgan fingerprint density at radius 2 is 0.844 bits per heavy atom. The minimum Gasteiger partial charge on any atom is -0.850 e. The molecular weight excluding hydrogens is 478 g/mol. The first kappa shape index (κ1) is 37.0. The van der Waals surface area contributed by atoms with Gasteiger partial charge in [0.2, 0.25) is 0 Å². The van der Waals surface area contributed by atoms with Crippen LogP contribution in [0.1, 0.15) is 41.5 Å². The number of aliphatic hydroxyl groups is 4. The van der Waals surface area contributed by atoms with Crippen molar-refractivity contribution < 1.29 is 152 Å². The maximum atomic E-state index is 10.9. The van der Waals surface area contributed by atoms with Crippen LogP contribution in [0, 0.1) is 0 Å². The Bertz CT molecular complexity index is 412. The first-order valence-electron chi connectivity index (χ1n) is 10.2. The molecule has 32 heavy (non-hydrogen) atoms. The van der Waals surface area contributed by atoms with Gasteiger partial charge in [-0.3, -0.25) is 0 Å². The van der Waals surface area contributed by atoms with Gasteiger partial charge in [-0.15, -0.1) is 5.60 Å². The van der Waals surface area contributed by atoms with Gasteiger partial charge in [-0.05, 0) is 20.8 Å². The summed E-state index contributed by atoms with van der Waals surface area (Å²) in [6.07, 6.45) is -3.86. The van der Waals surface area contributed by atoms with Crippen molar-refractivity contribution >= 4 is 0 Å². The molecule has 4 unspecified atom stereocenters. The fourth-order valence-corrected chi connectivity index (χ4v) is 2.90. The molecule has 0 aromatic heterocycles. The van der Waals surface area contributed by atoms with Gasteiger partial charge >= 0.3 is 103 Å². The number of rotatable bonds is 0. The maximum Gasteiger partial charge on any atom is 1.00 e. The molecule has 4 saturated heterocycles. The van der Waals surface area contributed by atoms with Crippen LogP contribution in [-0.2, 0) is 18.9 Å². The number of hydrogen-bond acceptors (Lipinski definition) is 10. The third kappa shape index (κ3) is 15.2. The van der Waals surface area contributed by atoms with E-state index in [4.69, 9.17) is 39.4 Å². The Morgan fingerprint density at radius 3 is 1.12 bits per heavy atom. The fourth-order valence-electron chi connectivity index (χ4n) is 2.90. The molecule has 4 rings (SSSR count). The second kappa shape index (κ2) is 16.7. The number of fused-ring (bicyclic) bond motifs is 2. The molecule has 4 fully saturated rings. The second-order valence-corrected chi connectivity index (χ2v) is 9.72. The minimum atomic E-state index is -0.804. The van der Waals surface area contributed by atoms with Gasteiger partial charge in [-0.1, -0.05) is 26.9 Å². The molecule has 0 radical (unpaired) electrons. The topological polar surface area (TPSA) is 164 Å². The molecule has 10 nitrogen and oxygen atoms in total. The van der Waals surface area contributed by atoms with E-state index in [1.807, 2.05) is 0 Å². The third-order valence-corrected chi connectivity index (χ3v) is 3.98. The summed E-state index contributed by atoms with van der Waals surface area (Å²) in [4.78, 5) is 0. The van der Waals surface area contributed by atoms with E-state index in [1.165, 1.54) is 0 Å². The van der Waals surface area contributed by atoms with E-state index in [9.17, 15) is 10.2 Å². The summed E-state index contributed by atoms with van der Waals surface area (Å²) in [5.41, 5.74) is -1.25. The van der Waals surface area contributed by atoms with Crippen LogP contribution in [0.5, 0.6) is 0 Å². The van der Waals surface area contributed by atoms with Crippen LogP contribution in [-0.4, -0.2) is 107 Å². The Kier molecular flexibility index (Phi) is 19.3. The zero-order valence-electron chi connectivity index (χ0n) is 20.7. The van der Waals surface area contributed by atoms with Gasteiger partial charge < -0.3 is 49.6 Å². The van der Waals surface area contributed by atoms with Crippen molar-refractivity contribution in [3.8, 4) is 0 Å². The predicted octanol–water partition coefficient (Wildman–Crippen LogP) is -8.69. The largest absolute Gasteiger partial charge is 1.00 e. The summed E-state index contributed by atoms with van der Waals surface area (Å²) in [5.74, 6) is 0. The summed E-state index contributed by atoms with van der Waals surface area (Å²) < 4.78 is 20.2. The first-order chi connectivity index (χ1) is 13.6. The average Bonchev–Trinajstić information content (AvgIpc) is 3.28. The summed E-state index contributed by atoms with van der Waals surface area (Å²) in [6, 6.07) is 0. The molecule has 0 aliphatic carbocycles. The van der Waals surface area contributed by atoms with E-state index in [-0.39, 0.29) is 148 Å². The standard InChI is InChI=1S/C6H10O4.C6H9O4.C4H10O.C4H9O.2K/c2*7-3-1-9-6-4(8)2-10-5(3)6;2*1-4(2,3)5;;/h3-8H,1-2H2;3-7H,1-2H2;5H,1-3H3;1-3H3;;/q;-1;;-1;2*+1/t2*3?,4?,5-,6-;;;;/m11..../s1. The van der Waals surface area contributed by atoms with Crippen molar-refractivity contribution in [1.29, 1.82) is 0 Å². The summed E-state index contributed by atoms with van der Waals surface area (Å²) >= 11 is 0. The van der Waals surface area contributed by atoms with Gasteiger partial charge in [0.15, 0.2) is 0 Å². The third-order valence-electron chi connectivity index (χ3n) is 3.98. The minimum absolute atomic E-state index is 0. The van der Waals surface area contributed by atoms with Crippen LogP contribution < -0.4 is 113 Å². The van der Waals surface area contributed by atoms with Gasteiger partial charge in [0.05, 0.1) is 31.5 Å². The normalized spacial score (nSPS) is 37.1. The zero-order valence-corrected chi connectivity index (χ0v) is 26.9. The molecule has 0 aromatic carbocycles. The van der Waals surface area contributed by atoms with Crippen molar-refractivity contribution in [1.82, 2.24) is 0 Å². The van der Waals surface area contributed by atoms with Crippen LogP contribution in [0.25, 0.3) is 0 Å². The van der Waals surface area contributed by atoms with E-state index < -0.39 is 41.7 Å². The Labute approximate surface area is 276 Å². The second-order valence-electron chi connectivity index (χ2n) is 9.72. The van der Waals surface area contributed by atoms with Gasteiger partial charge in [-0.2, -0.15) is 0 Å². The zero-order chi connectivity index (χ0) is 23.3. The van der Waals surface area contributed by atoms with E-state index in [0.717, 1.165) is 0 Å². The molecule has 0 amide bonds. The van der Waals surface area contributed by atoms with E-state index in [1.54, 1.807) is 41.5 Å². The maximum absolute atomic E-state index is 10.9. The van der Waals surface area contributed by atoms with Crippen LogP contribution in [0.2, 0.25) is 0 Å². The van der Waals surface area contributed by atoms with Crippen molar-refractivity contribution in [3.05, 3.63) is 0 Å². The molecule has 0 aromatic rings. The first-order valence-corrected chi connectivity index (χ1v) is 10.2. The molecular formula is C20H38K2O10. The van der Waals surface area contributed by atoms with E-state index in [0.29, 0.717) is 0 Å². The number of aliphatic hydroxyl groups excluding tert-OH is 3. The quantitative estimate of drug-likeness (QED) is 0.227. The molecule has 4 N–H and O–H groups in total. The monoisotopic (exact) mass is 516 g/mol. The van der Waals surface area contributed by atoms with Gasteiger partial charge in [-0.25, -0.2) is 0 Å². The number of hydrogen-bond donors (Lipinski definition) is 4. The van der Waals surface area contributed by atoms with Gasteiger partial charge in [0, 0.05) is 6.61 Å². The van der Waals surface area contributed by atoms with Gasteiger partial charge in [0.1, 0.15) is 36.6 Å². The van der Waals surface area contributed by atoms with Crippen LogP contribution >= 0.6 is 0 Å². The van der Waals surface area contributed by atoms with Gasteiger partial charge in [0.25, 0.3) is 0 Å². The molecule has 8 atom stereocenters. The molecule has 0 saturated carbocycles. The van der Waals surface area contributed by atoms with Crippen LogP contribution in [0.4, 0.5) is 0 Å². The smallest absolute Gasteiger partial charge is 0.850 e. The predicted molar refractivity (Wildman–Crippen MR) is 102 cm³/mol. The van der Waals surface area contributed by atoms with Crippen molar-refractivity contribution in [3.63, 3.8) is 0 Å². The average molecular weight is 517 g/mol. The molecule has 4 heterocycles. The SMILES string of the molecule is CC(C)(C)O.CC(C)(C)[O-].OC1CO[C@@H]2C(O)CO[C@H]12.[K+].[K+].[O-]C1CO[C@@H]2C(O)CO[C@H]12. The summed E-state index contributed by atoms with van der Waals surface area (Å²) in [5, 5.41) is 57.0. The fraction of sp³-hybridized carbons (Fsp3) is 1.00. The molecule has 0 bridgehead atoms. The Balaban J connectivity index is 0.